The van der Waals surface area contributed by atoms with Crippen molar-refractivity contribution >= 4 is 49.2 Å². The Hall–Kier alpha value is -1.31. The van der Waals surface area contributed by atoms with E-state index >= 15 is 0 Å². The standard InChI is InChI=1S/C18H23FIN3O5S/c1-18(29(2,25)26,17(24)22-28-16-5-3-4-8-27-16)6-7-23-15-10-13(19)14(20)9-12(15)11-21-23/h9-11,16H,3-8H2,1-2H3,(H,22,24)/t16?,18-/m1/s1. The van der Waals surface area contributed by atoms with Crippen LogP contribution >= 0.6 is 22.6 Å². The first kappa shape index (κ1) is 22.4. The molecule has 1 fully saturated rings. The molecule has 2 aromatic rings. The van der Waals surface area contributed by atoms with Crippen LogP contribution in [-0.2, 0) is 30.8 Å². The first-order chi connectivity index (χ1) is 13.6. The zero-order valence-corrected chi connectivity index (χ0v) is 19.1. The van der Waals surface area contributed by atoms with Gasteiger partial charge >= 0.3 is 0 Å². The third-order valence-corrected chi connectivity index (χ3v) is 8.06. The molecule has 160 valence electrons. The summed E-state index contributed by atoms with van der Waals surface area (Å²) in [5.74, 6) is -1.16. The number of ether oxygens (including phenoxy) is 1. The first-order valence-corrected chi connectivity index (χ1v) is 12.2. The summed E-state index contributed by atoms with van der Waals surface area (Å²) >= 11 is 1.89. The molecular weight excluding hydrogens is 516 g/mol. The topological polar surface area (TPSA) is 99.5 Å². The van der Waals surface area contributed by atoms with Crippen molar-refractivity contribution < 1.29 is 27.2 Å². The van der Waals surface area contributed by atoms with E-state index in [0.717, 1.165) is 24.5 Å². The summed E-state index contributed by atoms with van der Waals surface area (Å²) in [6, 6.07) is 3.01. The van der Waals surface area contributed by atoms with Crippen LogP contribution in [0.3, 0.4) is 0 Å². The van der Waals surface area contributed by atoms with E-state index < -0.39 is 26.8 Å². The lowest BCUT2D eigenvalue weighted by Gasteiger charge is -2.28. The SMILES string of the molecule is C[C@@](CCn1ncc2cc(I)c(F)cc21)(C(=O)NOC1CCCCO1)S(C)(=O)=O. The van der Waals surface area contributed by atoms with E-state index in [-0.39, 0.29) is 18.8 Å². The number of hydrogen-bond acceptors (Lipinski definition) is 6. The number of benzene rings is 1. The molecule has 8 nitrogen and oxygen atoms in total. The van der Waals surface area contributed by atoms with Gasteiger partial charge in [0.05, 0.1) is 11.7 Å². The smallest absolute Gasteiger partial charge is 0.264 e. The lowest BCUT2D eigenvalue weighted by molar-refractivity contribution is -0.201. The number of fused-ring (bicyclic) bond motifs is 1. The van der Waals surface area contributed by atoms with Crippen molar-refractivity contribution in [1.82, 2.24) is 15.3 Å². The van der Waals surface area contributed by atoms with Crippen molar-refractivity contribution in [1.29, 1.82) is 0 Å². The summed E-state index contributed by atoms with van der Waals surface area (Å²) in [6.45, 7) is 1.99. The van der Waals surface area contributed by atoms with Crippen LogP contribution in [0, 0.1) is 9.39 Å². The van der Waals surface area contributed by atoms with Crippen LogP contribution in [0.15, 0.2) is 18.3 Å². The van der Waals surface area contributed by atoms with E-state index in [1.165, 1.54) is 17.7 Å². The number of hydroxylamine groups is 1. The van der Waals surface area contributed by atoms with Gasteiger partial charge in [0.15, 0.2) is 20.9 Å². The molecule has 29 heavy (non-hydrogen) atoms. The van der Waals surface area contributed by atoms with Gasteiger partial charge in [-0.15, -0.1) is 0 Å². The van der Waals surface area contributed by atoms with Crippen LogP contribution in [0.1, 0.15) is 32.6 Å². The fourth-order valence-corrected chi connectivity index (χ4v) is 4.40. The lowest BCUT2D eigenvalue weighted by atomic mass is 10.1. The quantitative estimate of drug-likeness (QED) is 0.429. The fraction of sp³-hybridized carbons (Fsp3) is 0.556. The number of aromatic nitrogens is 2. The summed E-state index contributed by atoms with van der Waals surface area (Å²) in [7, 11) is -3.79. The molecule has 2 heterocycles. The third-order valence-electron chi connectivity index (χ3n) is 5.20. The Labute approximate surface area is 182 Å². The first-order valence-electron chi connectivity index (χ1n) is 9.20. The summed E-state index contributed by atoms with van der Waals surface area (Å²) in [4.78, 5) is 18.0. The van der Waals surface area contributed by atoms with Crippen molar-refractivity contribution in [3.8, 4) is 0 Å². The van der Waals surface area contributed by atoms with E-state index in [2.05, 4.69) is 10.6 Å². The molecule has 2 atom stereocenters. The number of amides is 1. The number of nitrogens with zero attached hydrogens (tertiary/aromatic N) is 2. The molecule has 1 aliphatic rings. The number of rotatable bonds is 7. The molecule has 0 saturated carbocycles. The van der Waals surface area contributed by atoms with Crippen LogP contribution in [0.25, 0.3) is 10.9 Å². The normalized spacial score (nSPS) is 19.8. The largest absolute Gasteiger partial charge is 0.350 e. The number of aryl methyl sites for hydroxylation is 1. The van der Waals surface area contributed by atoms with E-state index in [0.29, 0.717) is 22.1 Å². The second-order valence-corrected chi connectivity index (χ2v) is 10.9. The molecular formula is C18H23FIN3O5S. The maximum absolute atomic E-state index is 13.9. The number of hydrogen-bond donors (Lipinski definition) is 1. The van der Waals surface area contributed by atoms with Gasteiger partial charge in [0.2, 0.25) is 0 Å². The van der Waals surface area contributed by atoms with Crippen LogP contribution < -0.4 is 5.48 Å². The van der Waals surface area contributed by atoms with Crippen molar-refractivity contribution in [2.24, 2.45) is 0 Å². The number of nitrogens with one attached hydrogen (secondary N) is 1. The van der Waals surface area contributed by atoms with Gasteiger partial charge in [-0.3, -0.25) is 9.48 Å². The molecule has 1 amide bonds. The lowest BCUT2D eigenvalue weighted by Crippen LogP contribution is -2.51. The van der Waals surface area contributed by atoms with E-state index in [1.54, 1.807) is 12.3 Å². The zero-order chi connectivity index (χ0) is 21.2. The van der Waals surface area contributed by atoms with Gasteiger partial charge in [0.1, 0.15) is 5.82 Å². The predicted molar refractivity (Wildman–Crippen MR) is 113 cm³/mol. The highest BCUT2D eigenvalue weighted by atomic mass is 127. The number of carbonyl (C=O) groups excluding carboxylic acids is 1. The van der Waals surface area contributed by atoms with E-state index in [1.807, 2.05) is 22.6 Å². The van der Waals surface area contributed by atoms with E-state index in [4.69, 9.17) is 9.57 Å². The fourth-order valence-electron chi connectivity index (χ4n) is 3.07. The maximum atomic E-state index is 13.9. The molecule has 3 rings (SSSR count). The molecule has 0 aliphatic carbocycles. The second kappa shape index (κ2) is 8.82. The highest BCUT2D eigenvalue weighted by molar-refractivity contribution is 14.1. The Bertz CT molecular complexity index is 1010. The molecule has 1 saturated heterocycles. The van der Waals surface area contributed by atoms with Crippen molar-refractivity contribution in [3.05, 3.63) is 27.7 Å². The molecule has 1 unspecified atom stereocenters. The van der Waals surface area contributed by atoms with Gasteiger partial charge in [0, 0.05) is 40.9 Å². The summed E-state index contributed by atoms with van der Waals surface area (Å²) < 4.78 is 44.4. The van der Waals surface area contributed by atoms with Crippen LogP contribution in [0.4, 0.5) is 4.39 Å². The highest BCUT2D eigenvalue weighted by Crippen LogP contribution is 2.25. The Morgan fingerprint density at radius 3 is 2.90 bits per heavy atom. The Kier molecular flexibility index (Phi) is 6.81. The zero-order valence-electron chi connectivity index (χ0n) is 16.2. The predicted octanol–water partition coefficient (Wildman–Crippen LogP) is 2.55. The van der Waals surface area contributed by atoms with Crippen molar-refractivity contribution in [3.63, 3.8) is 0 Å². The van der Waals surface area contributed by atoms with Gasteiger partial charge in [-0.25, -0.2) is 23.1 Å². The molecule has 1 aromatic heterocycles. The highest BCUT2D eigenvalue weighted by Gasteiger charge is 2.44. The summed E-state index contributed by atoms with van der Waals surface area (Å²) in [5, 5.41) is 4.95. The van der Waals surface area contributed by atoms with Gasteiger partial charge in [-0.05, 0) is 54.8 Å². The minimum Gasteiger partial charge on any atom is -0.350 e. The minimum atomic E-state index is -3.79. The van der Waals surface area contributed by atoms with Crippen molar-refractivity contribution in [2.45, 2.75) is 50.2 Å². The van der Waals surface area contributed by atoms with Crippen LogP contribution in [0.5, 0.6) is 0 Å². The molecule has 11 heteroatoms. The van der Waals surface area contributed by atoms with Gasteiger partial charge in [-0.2, -0.15) is 5.10 Å². The molecule has 1 N–H and O–H groups in total. The van der Waals surface area contributed by atoms with Gasteiger partial charge < -0.3 is 4.74 Å². The van der Waals surface area contributed by atoms with E-state index in [9.17, 15) is 17.6 Å². The maximum Gasteiger partial charge on any atom is 0.264 e. The Balaban J connectivity index is 1.75. The van der Waals surface area contributed by atoms with Crippen LogP contribution in [-0.4, -0.2) is 48.0 Å². The second-order valence-electron chi connectivity index (χ2n) is 7.29. The molecule has 0 bridgehead atoms. The molecule has 1 aliphatic heterocycles. The van der Waals surface area contributed by atoms with Crippen molar-refractivity contribution in [2.75, 3.05) is 12.9 Å². The van der Waals surface area contributed by atoms with Crippen LogP contribution in [0.2, 0.25) is 0 Å². The summed E-state index contributed by atoms with van der Waals surface area (Å²) in [6.07, 6.45) is 4.40. The molecule has 0 spiro atoms. The molecule has 1 aromatic carbocycles. The molecule has 0 radical (unpaired) electrons. The number of halogens is 2. The average Bonchev–Trinajstić information content (AvgIpc) is 3.06. The average molecular weight is 539 g/mol. The third kappa shape index (κ3) is 4.89. The summed E-state index contributed by atoms with van der Waals surface area (Å²) in [5.41, 5.74) is 2.78. The Morgan fingerprint density at radius 2 is 2.24 bits per heavy atom. The Morgan fingerprint density at radius 1 is 1.48 bits per heavy atom. The number of carbonyl (C=O) groups is 1. The minimum absolute atomic E-state index is 0.0586. The number of sulfone groups is 1. The monoisotopic (exact) mass is 539 g/mol. The van der Waals surface area contributed by atoms with Gasteiger partial charge in [-0.1, -0.05) is 0 Å². The van der Waals surface area contributed by atoms with Gasteiger partial charge in [0.25, 0.3) is 5.91 Å².